The Balaban J connectivity index is 0.00000169. The second-order valence-electron chi connectivity index (χ2n) is 6.96. The molecule has 0 radical (unpaired) electrons. The van der Waals surface area contributed by atoms with Crippen LogP contribution in [0.15, 0.2) is 10.6 Å². The molecule has 1 amide bonds. The normalized spacial score (nSPS) is 19.2. The van der Waals surface area contributed by atoms with Crippen LogP contribution in [-0.2, 0) is 0 Å². The van der Waals surface area contributed by atoms with Gasteiger partial charge in [-0.05, 0) is 38.7 Å². The Bertz CT molecular complexity index is 763. The van der Waals surface area contributed by atoms with Crippen molar-refractivity contribution in [3.8, 4) is 0 Å². The van der Waals surface area contributed by atoms with Crippen LogP contribution in [-0.4, -0.2) is 28.1 Å². The van der Waals surface area contributed by atoms with Gasteiger partial charge in [0.25, 0.3) is 11.6 Å². The second kappa shape index (κ2) is 6.33. The van der Waals surface area contributed by atoms with Crippen LogP contribution in [0.3, 0.4) is 0 Å². The summed E-state index contributed by atoms with van der Waals surface area (Å²) in [6, 6.07) is 1.92. The molecule has 2 aliphatic carbocycles. The number of fused-ring (bicyclic) bond motifs is 1. The molecule has 7 heteroatoms. The highest BCUT2D eigenvalue weighted by Crippen LogP contribution is 2.40. The molecule has 2 heterocycles. The summed E-state index contributed by atoms with van der Waals surface area (Å²) < 4.78 is 5.31. The first-order valence-corrected chi connectivity index (χ1v) is 8.41. The van der Waals surface area contributed by atoms with E-state index in [0.717, 1.165) is 49.6 Å². The molecule has 2 aromatic rings. The highest BCUT2D eigenvalue weighted by Gasteiger charge is 2.35. The van der Waals surface area contributed by atoms with Crippen LogP contribution in [0.5, 0.6) is 0 Å². The van der Waals surface area contributed by atoms with Crippen LogP contribution in [0.4, 0.5) is 0 Å². The van der Waals surface area contributed by atoms with Crippen molar-refractivity contribution in [3.63, 3.8) is 0 Å². The number of aryl methyl sites for hydroxylation is 1. The van der Waals surface area contributed by atoms with Crippen molar-refractivity contribution in [1.29, 1.82) is 0 Å². The van der Waals surface area contributed by atoms with E-state index < -0.39 is 0 Å². The van der Waals surface area contributed by atoms with Crippen LogP contribution in [0.2, 0.25) is 0 Å². The van der Waals surface area contributed by atoms with Gasteiger partial charge in [0.1, 0.15) is 0 Å². The summed E-state index contributed by atoms with van der Waals surface area (Å²) in [6.45, 7) is 2.32. The molecule has 3 N–H and O–H groups in total. The lowest BCUT2D eigenvalue weighted by molar-refractivity contribution is 0.0904. The molecule has 24 heavy (non-hydrogen) atoms. The third kappa shape index (κ3) is 2.89. The zero-order valence-electron chi connectivity index (χ0n) is 13.8. The summed E-state index contributed by atoms with van der Waals surface area (Å²) in [5.41, 5.74) is 8.40. The number of carbonyl (C=O) groups excluding carboxylic acids is 1. The number of hydrogen-bond acceptors (Lipinski definition) is 5. The van der Waals surface area contributed by atoms with E-state index in [1.54, 1.807) is 0 Å². The van der Waals surface area contributed by atoms with Crippen LogP contribution < -0.4 is 11.1 Å². The average molecular weight is 351 g/mol. The minimum atomic E-state index is -0.266. The number of nitrogens with two attached hydrogens (primary N) is 1. The Morgan fingerprint density at radius 3 is 2.75 bits per heavy atom. The lowest BCUT2D eigenvalue weighted by Gasteiger charge is -2.28. The summed E-state index contributed by atoms with van der Waals surface area (Å²) >= 11 is 0. The average Bonchev–Trinajstić information content (AvgIpc) is 3.20. The van der Waals surface area contributed by atoms with E-state index in [2.05, 4.69) is 15.5 Å². The first kappa shape index (κ1) is 17.2. The van der Waals surface area contributed by atoms with Gasteiger partial charge in [-0.25, -0.2) is 4.98 Å². The van der Waals surface area contributed by atoms with Gasteiger partial charge in [-0.2, -0.15) is 0 Å². The van der Waals surface area contributed by atoms with Gasteiger partial charge in [0.15, 0.2) is 0 Å². The lowest BCUT2D eigenvalue weighted by atomic mass is 9.96. The van der Waals surface area contributed by atoms with E-state index in [0.29, 0.717) is 29.4 Å². The van der Waals surface area contributed by atoms with E-state index in [9.17, 15) is 4.79 Å². The summed E-state index contributed by atoms with van der Waals surface area (Å²) in [7, 11) is 0. The Kier molecular flexibility index (Phi) is 4.53. The maximum absolute atomic E-state index is 13.0. The highest BCUT2D eigenvalue weighted by molar-refractivity contribution is 6.06. The number of nitrogens with zero attached hydrogens (tertiary/aromatic N) is 2. The number of rotatable bonds is 4. The van der Waals surface area contributed by atoms with Gasteiger partial charge in [0.2, 0.25) is 0 Å². The Morgan fingerprint density at radius 1 is 1.42 bits per heavy atom. The molecule has 0 bridgehead atoms. The fraction of sp³-hybridized carbons (Fsp3) is 0.588. The minimum Gasteiger partial charge on any atom is -0.345 e. The van der Waals surface area contributed by atoms with Gasteiger partial charge in [-0.3, -0.25) is 4.79 Å². The van der Waals surface area contributed by atoms with Crippen molar-refractivity contribution in [1.82, 2.24) is 15.5 Å². The standard InChI is InChI=1S/C17H22N4O2.ClH/c1-10-14-12(15(22)20-17(9-18)6-2-3-7-17)8-13(11-4-5-11)19-16(14)23-21-10;/h8,11H,2-7,9,18H2,1H3,(H,20,22);1H. The molecular weight excluding hydrogens is 328 g/mol. The maximum atomic E-state index is 13.0. The van der Waals surface area contributed by atoms with Gasteiger partial charge in [0, 0.05) is 18.2 Å². The molecule has 6 nitrogen and oxygen atoms in total. The quantitative estimate of drug-likeness (QED) is 0.884. The number of halogens is 1. The second-order valence-corrected chi connectivity index (χ2v) is 6.96. The molecule has 130 valence electrons. The van der Waals surface area contributed by atoms with Crippen LogP contribution >= 0.6 is 12.4 Å². The first-order chi connectivity index (χ1) is 11.1. The lowest BCUT2D eigenvalue weighted by Crippen LogP contribution is -2.51. The smallest absolute Gasteiger partial charge is 0.259 e. The van der Waals surface area contributed by atoms with E-state index in [-0.39, 0.29) is 23.9 Å². The summed E-state index contributed by atoms with van der Waals surface area (Å²) in [5, 5.41) is 7.90. The van der Waals surface area contributed by atoms with Crippen molar-refractivity contribution >= 4 is 29.4 Å². The first-order valence-electron chi connectivity index (χ1n) is 8.41. The van der Waals surface area contributed by atoms with Crippen molar-refractivity contribution in [2.45, 2.75) is 56.9 Å². The SMILES string of the molecule is Cc1noc2nc(C3CC3)cc(C(=O)NC3(CN)CCCC3)c12.Cl. The monoisotopic (exact) mass is 350 g/mol. The van der Waals surface area contributed by atoms with Gasteiger partial charge in [-0.15, -0.1) is 12.4 Å². The van der Waals surface area contributed by atoms with Crippen LogP contribution in [0, 0.1) is 6.92 Å². The van der Waals surface area contributed by atoms with Gasteiger partial charge in [-0.1, -0.05) is 18.0 Å². The van der Waals surface area contributed by atoms with Gasteiger partial charge < -0.3 is 15.6 Å². The largest absolute Gasteiger partial charge is 0.345 e. The molecule has 0 aromatic carbocycles. The van der Waals surface area contributed by atoms with Crippen molar-refractivity contribution < 1.29 is 9.32 Å². The third-order valence-electron chi connectivity index (χ3n) is 5.21. The molecule has 0 saturated heterocycles. The molecule has 2 fully saturated rings. The fourth-order valence-corrected chi connectivity index (χ4v) is 3.62. The van der Waals surface area contributed by atoms with E-state index in [1.807, 2.05) is 13.0 Å². The predicted octanol–water partition coefficient (Wildman–Crippen LogP) is 2.83. The molecule has 2 aliphatic rings. The molecule has 4 rings (SSSR count). The molecule has 2 aromatic heterocycles. The predicted molar refractivity (Wildman–Crippen MR) is 93.5 cm³/mol. The maximum Gasteiger partial charge on any atom is 0.259 e. The highest BCUT2D eigenvalue weighted by atomic mass is 35.5. The number of hydrogen-bond donors (Lipinski definition) is 2. The number of aromatic nitrogens is 2. The van der Waals surface area contributed by atoms with Gasteiger partial charge >= 0.3 is 0 Å². The Hall–Kier alpha value is -1.66. The fourth-order valence-electron chi connectivity index (χ4n) is 3.62. The number of pyridine rings is 1. The van der Waals surface area contributed by atoms with E-state index in [4.69, 9.17) is 10.3 Å². The molecule has 0 spiro atoms. The molecule has 0 aliphatic heterocycles. The van der Waals surface area contributed by atoms with E-state index >= 15 is 0 Å². The van der Waals surface area contributed by atoms with Crippen molar-refractivity contribution in [2.75, 3.05) is 6.54 Å². The minimum absolute atomic E-state index is 0. The summed E-state index contributed by atoms with van der Waals surface area (Å²) in [4.78, 5) is 17.5. The summed E-state index contributed by atoms with van der Waals surface area (Å²) in [6.07, 6.45) is 6.37. The van der Waals surface area contributed by atoms with Crippen molar-refractivity contribution in [2.24, 2.45) is 5.73 Å². The molecular formula is C17H23ClN4O2. The molecule has 0 atom stereocenters. The topological polar surface area (TPSA) is 94.0 Å². The zero-order chi connectivity index (χ0) is 16.0. The molecule has 0 unspecified atom stereocenters. The van der Waals surface area contributed by atoms with Crippen LogP contribution in [0.25, 0.3) is 11.1 Å². The number of carbonyl (C=O) groups is 1. The third-order valence-corrected chi connectivity index (χ3v) is 5.21. The number of amides is 1. The van der Waals surface area contributed by atoms with E-state index in [1.165, 1.54) is 0 Å². The Labute approximate surface area is 147 Å². The Morgan fingerprint density at radius 2 is 2.12 bits per heavy atom. The van der Waals surface area contributed by atoms with Crippen LogP contribution in [0.1, 0.15) is 66.2 Å². The molecule has 2 saturated carbocycles. The van der Waals surface area contributed by atoms with Crippen molar-refractivity contribution in [3.05, 3.63) is 23.0 Å². The number of nitrogens with one attached hydrogen (secondary N) is 1. The zero-order valence-corrected chi connectivity index (χ0v) is 14.6. The summed E-state index contributed by atoms with van der Waals surface area (Å²) in [5.74, 6) is 0.365. The van der Waals surface area contributed by atoms with Gasteiger partial charge in [0.05, 0.1) is 22.2 Å².